The second-order valence-corrected chi connectivity index (χ2v) is 3.67. The van der Waals surface area contributed by atoms with E-state index in [1.165, 1.54) is 6.39 Å². The fraction of sp³-hybridized carbons (Fsp3) is 0.600. The fourth-order valence-electron chi connectivity index (χ4n) is 1.74. The molecule has 1 aromatic rings. The monoisotopic (exact) mass is 206 g/mol. The van der Waals surface area contributed by atoms with Crippen LogP contribution in [-0.2, 0) is 6.54 Å². The molecule has 1 atom stereocenters. The van der Waals surface area contributed by atoms with Gasteiger partial charge in [0.2, 0.25) is 0 Å². The average Bonchev–Trinajstić information content (AvgIpc) is 2.65. The summed E-state index contributed by atoms with van der Waals surface area (Å²) in [6.07, 6.45) is 1.45. The minimum atomic E-state index is -0.0603. The number of aromatic nitrogens is 1. The Balaban J connectivity index is 2.04. The highest BCUT2D eigenvalue weighted by molar-refractivity contribution is 5.07. The molecule has 2 heterocycles. The van der Waals surface area contributed by atoms with Crippen LogP contribution in [0, 0.1) is 18.3 Å². The normalized spacial score (nSPS) is 22.5. The van der Waals surface area contributed by atoms with Crippen LogP contribution in [0.4, 0.5) is 0 Å². The first-order valence-electron chi connectivity index (χ1n) is 5.04. The van der Waals surface area contributed by atoms with Crippen LogP contribution in [-0.4, -0.2) is 35.6 Å². The number of aryl methyl sites for hydroxylation is 1. The average molecular weight is 206 g/mol. The topological polar surface area (TPSA) is 65.1 Å². The van der Waals surface area contributed by atoms with Crippen LogP contribution >= 0.6 is 0 Å². The first-order chi connectivity index (χ1) is 7.31. The van der Waals surface area contributed by atoms with Gasteiger partial charge < -0.3 is 9.73 Å². The van der Waals surface area contributed by atoms with Crippen LogP contribution in [0.25, 0.3) is 0 Å². The Morgan fingerprint density at radius 2 is 2.67 bits per heavy atom. The summed E-state index contributed by atoms with van der Waals surface area (Å²) in [4.78, 5) is 6.27. The largest absolute Gasteiger partial charge is 0.448 e. The minimum Gasteiger partial charge on any atom is -0.448 e. The zero-order chi connectivity index (χ0) is 10.7. The molecule has 0 amide bonds. The number of hydrogen-bond acceptors (Lipinski definition) is 5. The Labute approximate surface area is 88.7 Å². The Morgan fingerprint density at radius 1 is 1.80 bits per heavy atom. The smallest absolute Gasteiger partial charge is 0.181 e. The van der Waals surface area contributed by atoms with Gasteiger partial charge in [0.15, 0.2) is 6.39 Å². The Bertz CT molecular complexity index is 368. The molecule has 0 aliphatic carbocycles. The summed E-state index contributed by atoms with van der Waals surface area (Å²) in [6, 6.07) is 2.23. The molecule has 15 heavy (non-hydrogen) atoms. The maximum Gasteiger partial charge on any atom is 0.181 e. The van der Waals surface area contributed by atoms with Gasteiger partial charge >= 0.3 is 0 Å². The van der Waals surface area contributed by atoms with Gasteiger partial charge in [0.1, 0.15) is 11.8 Å². The molecule has 0 radical (unpaired) electrons. The number of rotatable bonds is 2. The third-order valence-corrected chi connectivity index (χ3v) is 2.70. The molecule has 0 spiro atoms. The lowest BCUT2D eigenvalue weighted by atomic mass is 10.2. The van der Waals surface area contributed by atoms with E-state index in [4.69, 9.17) is 9.68 Å². The highest BCUT2D eigenvalue weighted by Crippen LogP contribution is 2.11. The van der Waals surface area contributed by atoms with Gasteiger partial charge in [0.25, 0.3) is 0 Å². The summed E-state index contributed by atoms with van der Waals surface area (Å²) in [6.45, 7) is 5.13. The van der Waals surface area contributed by atoms with Gasteiger partial charge in [0.05, 0.1) is 11.8 Å². The summed E-state index contributed by atoms with van der Waals surface area (Å²) in [5, 5.41) is 12.2. The van der Waals surface area contributed by atoms with E-state index in [1.807, 2.05) is 6.92 Å². The van der Waals surface area contributed by atoms with Gasteiger partial charge in [-0.3, -0.25) is 4.90 Å². The second-order valence-electron chi connectivity index (χ2n) is 3.67. The van der Waals surface area contributed by atoms with Gasteiger partial charge in [0, 0.05) is 26.2 Å². The molecule has 2 rings (SSSR count). The quantitative estimate of drug-likeness (QED) is 0.753. The number of piperazine rings is 1. The summed E-state index contributed by atoms with van der Waals surface area (Å²) in [7, 11) is 0. The van der Waals surface area contributed by atoms with Gasteiger partial charge in [-0.1, -0.05) is 0 Å². The zero-order valence-electron chi connectivity index (χ0n) is 8.73. The SMILES string of the molecule is Cc1ocnc1CN1CCNCC1C#N. The molecule has 5 heteroatoms. The maximum absolute atomic E-state index is 8.98. The van der Waals surface area contributed by atoms with Crippen molar-refractivity contribution in [1.29, 1.82) is 5.26 Å². The van der Waals surface area contributed by atoms with E-state index >= 15 is 0 Å². The summed E-state index contributed by atoms with van der Waals surface area (Å²) < 4.78 is 5.14. The van der Waals surface area contributed by atoms with E-state index in [2.05, 4.69) is 21.3 Å². The lowest BCUT2D eigenvalue weighted by Gasteiger charge is -2.31. The van der Waals surface area contributed by atoms with Crippen molar-refractivity contribution in [1.82, 2.24) is 15.2 Å². The van der Waals surface area contributed by atoms with E-state index in [1.54, 1.807) is 0 Å². The van der Waals surface area contributed by atoms with Crippen LogP contribution in [0.15, 0.2) is 10.8 Å². The molecular weight excluding hydrogens is 192 g/mol. The summed E-state index contributed by atoms with van der Waals surface area (Å²) >= 11 is 0. The third kappa shape index (κ3) is 2.17. The van der Waals surface area contributed by atoms with E-state index in [-0.39, 0.29) is 6.04 Å². The van der Waals surface area contributed by atoms with Crippen LogP contribution in [0.3, 0.4) is 0 Å². The van der Waals surface area contributed by atoms with Crippen LogP contribution in [0.2, 0.25) is 0 Å². The van der Waals surface area contributed by atoms with Gasteiger partial charge in [-0.25, -0.2) is 4.98 Å². The number of oxazole rings is 1. The van der Waals surface area contributed by atoms with E-state index < -0.39 is 0 Å². The predicted molar refractivity (Wildman–Crippen MR) is 53.9 cm³/mol. The lowest BCUT2D eigenvalue weighted by Crippen LogP contribution is -2.50. The molecule has 1 aromatic heterocycles. The van der Waals surface area contributed by atoms with Crippen LogP contribution in [0.1, 0.15) is 11.5 Å². The first kappa shape index (κ1) is 10.1. The predicted octanol–water partition coefficient (Wildman–Crippen LogP) is 0.280. The third-order valence-electron chi connectivity index (χ3n) is 2.70. The molecule has 5 nitrogen and oxygen atoms in total. The Kier molecular flexibility index (Phi) is 2.99. The van der Waals surface area contributed by atoms with Crippen molar-refractivity contribution in [3.63, 3.8) is 0 Å². The first-order valence-corrected chi connectivity index (χ1v) is 5.04. The van der Waals surface area contributed by atoms with E-state index in [9.17, 15) is 0 Å². The molecule has 1 aliphatic rings. The van der Waals surface area contributed by atoms with Crippen molar-refractivity contribution in [3.05, 3.63) is 17.8 Å². The summed E-state index contributed by atoms with van der Waals surface area (Å²) in [5.74, 6) is 0.838. The maximum atomic E-state index is 8.98. The molecule has 0 bridgehead atoms. The fourth-order valence-corrected chi connectivity index (χ4v) is 1.74. The van der Waals surface area contributed by atoms with Gasteiger partial charge in [-0.15, -0.1) is 0 Å². The molecule has 1 saturated heterocycles. The number of nitrogens with one attached hydrogen (secondary N) is 1. The van der Waals surface area contributed by atoms with Crippen molar-refractivity contribution < 1.29 is 4.42 Å². The van der Waals surface area contributed by atoms with E-state index in [0.29, 0.717) is 6.54 Å². The van der Waals surface area contributed by atoms with Crippen molar-refractivity contribution in [2.75, 3.05) is 19.6 Å². The molecule has 1 aliphatic heterocycles. The molecule has 0 aromatic carbocycles. The molecule has 1 unspecified atom stereocenters. The Morgan fingerprint density at radius 3 is 3.33 bits per heavy atom. The Hall–Kier alpha value is -1.38. The van der Waals surface area contributed by atoms with Crippen molar-refractivity contribution in [3.8, 4) is 6.07 Å². The van der Waals surface area contributed by atoms with Gasteiger partial charge in [-0.2, -0.15) is 5.26 Å². The zero-order valence-corrected chi connectivity index (χ0v) is 8.73. The highest BCUT2D eigenvalue weighted by Gasteiger charge is 2.22. The van der Waals surface area contributed by atoms with Crippen molar-refractivity contribution in [2.24, 2.45) is 0 Å². The molecule has 1 N–H and O–H groups in total. The number of nitriles is 1. The van der Waals surface area contributed by atoms with E-state index in [0.717, 1.165) is 31.1 Å². The molecule has 80 valence electrons. The molecule has 1 fully saturated rings. The second kappa shape index (κ2) is 4.43. The van der Waals surface area contributed by atoms with Crippen molar-refractivity contribution in [2.45, 2.75) is 19.5 Å². The molecular formula is C10H14N4O. The molecule has 0 saturated carbocycles. The van der Waals surface area contributed by atoms with Crippen molar-refractivity contribution >= 4 is 0 Å². The highest BCUT2D eigenvalue weighted by atomic mass is 16.3. The number of nitrogens with zero attached hydrogens (tertiary/aromatic N) is 3. The van der Waals surface area contributed by atoms with Crippen LogP contribution in [0.5, 0.6) is 0 Å². The summed E-state index contributed by atoms with van der Waals surface area (Å²) in [5.41, 5.74) is 0.928. The minimum absolute atomic E-state index is 0.0603. The van der Waals surface area contributed by atoms with Gasteiger partial charge in [-0.05, 0) is 6.92 Å². The number of hydrogen-bond donors (Lipinski definition) is 1. The van der Waals surface area contributed by atoms with Crippen LogP contribution < -0.4 is 5.32 Å². The standard InChI is InChI=1S/C10H14N4O/c1-8-10(13-7-15-8)6-14-3-2-12-5-9(14)4-11/h7,9,12H,2-3,5-6H2,1H3. The lowest BCUT2D eigenvalue weighted by molar-refractivity contribution is 0.186.